The van der Waals surface area contributed by atoms with Gasteiger partial charge in [-0.25, -0.2) is 0 Å². The molecule has 0 unspecified atom stereocenters. The average Bonchev–Trinajstić information content (AvgIpc) is 2.05. The smallest absolute Gasteiger partial charge is 0.308 e. The molecule has 1 aromatic carbocycles. The molecule has 1 N–H and O–H groups in total. The van der Waals surface area contributed by atoms with Gasteiger partial charge in [-0.15, -0.1) is 0 Å². The molecule has 0 amide bonds. The van der Waals surface area contributed by atoms with E-state index in [0.29, 0.717) is 5.75 Å². The van der Waals surface area contributed by atoms with Crippen molar-refractivity contribution in [3.8, 4) is 5.75 Å². The fourth-order valence-electron chi connectivity index (χ4n) is 0.752. The lowest BCUT2D eigenvalue weighted by atomic mass is 10.3. The first kappa shape index (κ1) is 8.87. The molecular weight excluding hydrogens is 178 g/mol. The minimum atomic E-state index is -0.332. The summed E-state index contributed by atoms with van der Waals surface area (Å²) in [6.07, 6.45) is 0. The molecule has 0 aliphatic heterocycles. The van der Waals surface area contributed by atoms with Gasteiger partial charge in [0.1, 0.15) is 5.75 Å². The number of rotatable bonds is 2. The summed E-state index contributed by atoms with van der Waals surface area (Å²) in [5.41, 5.74) is 0.757. The topological polar surface area (TPSA) is 38.3 Å². The minimum absolute atomic E-state index is 0.332. The van der Waals surface area contributed by atoms with Crippen molar-refractivity contribution in [2.45, 2.75) is 6.92 Å². The molecule has 0 spiro atoms. The van der Waals surface area contributed by atoms with Gasteiger partial charge in [-0.2, -0.15) is 0 Å². The van der Waals surface area contributed by atoms with Crippen LogP contribution in [0.4, 0.5) is 5.69 Å². The second kappa shape index (κ2) is 3.97. The first-order chi connectivity index (χ1) is 5.72. The summed E-state index contributed by atoms with van der Waals surface area (Å²) in [4.78, 5) is 12.9. The number of anilines is 1. The predicted octanol–water partition coefficient (Wildman–Crippen LogP) is 2.18. The van der Waals surface area contributed by atoms with E-state index in [2.05, 4.69) is 4.84 Å². The number of halogens is 1. The van der Waals surface area contributed by atoms with Crippen molar-refractivity contribution in [3.63, 3.8) is 0 Å². The van der Waals surface area contributed by atoms with Gasteiger partial charge in [0.15, 0.2) is 0 Å². The lowest BCUT2D eigenvalue weighted by molar-refractivity contribution is -0.131. The number of carbonyl (C=O) groups excluding carboxylic acids is 1. The van der Waals surface area contributed by atoms with E-state index in [0.717, 1.165) is 5.69 Å². The maximum absolute atomic E-state index is 10.5. The van der Waals surface area contributed by atoms with E-state index in [1.54, 1.807) is 24.3 Å². The molecule has 0 fully saturated rings. The Morgan fingerprint density at radius 1 is 1.42 bits per heavy atom. The van der Waals surface area contributed by atoms with Crippen LogP contribution in [0.1, 0.15) is 6.92 Å². The number of ether oxygens (including phenoxy) is 1. The zero-order chi connectivity index (χ0) is 8.97. The van der Waals surface area contributed by atoms with Crippen LogP contribution in [-0.4, -0.2) is 5.97 Å². The average molecular weight is 186 g/mol. The van der Waals surface area contributed by atoms with Crippen LogP contribution >= 0.6 is 11.8 Å². The third-order valence-corrected chi connectivity index (χ3v) is 1.44. The molecule has 0 aromatic heterocycles. The summed E-state index contributed by atoms with van der Waals surface area (Å²) in [6, 6.07) is 6.74. The van der Waals surface area contributed by atoms with Crippen LogP contribution in [0.15, 0.2) is 24.3 Å². The highest BCUT2D eigenvalue weighted by atomic mass is 35.5. The first-order valence-corrected chi connectivity index (χ1v) is 3.75. The van der Waals surface area contributed by atoms with Crippen LogP contribution in [0.25, 0.3) is 0 Å². The monoisotopic (exact) mass is 185 g/mol. The van der Waals surface area contributed by atoms with Gasteiger partial charge in [0, 0.05) is 24.4 Å². The molecule has 1 rings (SSSR count). The molecular formula is C8H8ClNO2. The number of carbonyl (C=O) groups is 1. The molecule has 0 heterocycles. The molecule has 0 saturated heterocycles. The summed E-state index contributed by atoms with van der Waals surface area (Å²) in [5, 5.41) is 0. The fraction of sp³-hybridized carbons (Fsp3) is 0.125. The van der Waals surface area contributed by atoms with E-state index in [1.165, 1.54) is 6.92 Å². The van der Waals surface area contributed by atoms with Crippen LogP contribution in [0.2, 0.25) is 0 Å². The molecule has 0 bridgehead atoms. The summed E-state index contributed by atoms with van der Waals surface area (Å²) < 4.78 is 4.80. The van der Waals surface area contributed by atoms with E-state index < -0.39 is 0 Å². The van der Waals surface area contributed by atoms with Crippen LogP contribution < -0.4 is 9.57 Å². The number of nitrogens with one attached hydrogen (secondary N) is 1. The van der Waals surface area contributed by atoms with Gasteiger partial charge >= 0.3 is 5.97 Å². The molecule has 64 valence electrons. The summed E-state index contributed by atoms with van der Waals surface area (Å²) in [5.74, 6) is 0.180. The van der Waals surface area contributed by atoms with E-state index in [4.69, 9.17) is 16.5 Å². The maximum Gasteiger partial charge on any atom is 0.308 e. The largest absolute Gasteiger partial charge is 0.427 e. The maximum atomic E-state index is 10.5. The molecule has 1 aromatic rings. The molecule has 3 nitrogen and oxygen atoms in total. The van der Waals surface area contributed by atoms with Gasteiger partial charge in [0.2, 0.25) is 0 Å². The van der Waals surface area contributed by atoms with Gasteiger partial charge < -0.3 is 4.74 Å². The van der Waals surface area contributed by atoms with Crippen molar-refractivity contribution in [1.82, 2.24) is 0 Å². The molecule has 4 heteroatoms. The summed E-state index contributed by atoms with van der Waals surface area (Å²) >= 11 is 5.33. The molecule has 0 saturated carbocycles. The van der Waals surface area contributed by atoms with Crippen molar-refractivity contribution >= 4 is 23.4 Å². The Hall–Kier alpha value is -1.22. The SMILES string of the molecule is CC(=O)Oc1ccc(NCl)cc1. The number of hydrogen-bond donors (Lipinski definition) is 1. The van der Waals surface area contributed by atoms with Crippen LogP contribution in [0, 0.1) is 0 Å². The van der Waals surface area contributed by atoms with Gasteiger partial charge in [-0.1, -0.05) is 0 Å². The third kappa shape index (κ3) is 2.43. The van der Waals surface area contributed by atoms with Crippen molar-refractivity contribution in [2.24, 2.45) is 0 Å². The summed E-state index contributed by atoms with van der Waals surface area (Å²) in [6.45, 7) is 1.35. The predicted molar refractivity (Wildman–Crippen MR) is 47.2 cm³/mol. The summed E-state index contributed by atoms with van der Waals surface area (Å²) in [7, 11) is 0. The standard InChI is InChI=1S/C8H8ClNO2/c1-6(11)12-8-4-2-7(10-9)3-5-8/h2-5,10H,1H3. The molecule has 0 radical (unpaired) electrons. The van der Waals surface area contributed by atoms with E-state index in [-0.39, 0.29) is 5.97 Å². The number of esters is 1. The number of benzene rings is 1. The minimum Gasteiger partial charge on any atom is -0.427 e. The van der Waals surface area contributed by atoms with Crippen LogP contribution in [0.5, 0.6) is 5.75 Å². The lowest BCUT2D eigenvalue weighted by Crippen LogP contribution is -2.00. The normalized spacial score (nSPS) is 9.17. The highest BCUT2D eigenvalue weighted by Gasteiger charge is 1.96. The molecule has 0 aliphatic rings. The zero-order valence-corrected chi connectivity index (χ0v) is 7.26. The Bertz CT molecular complexity index is 271. The molecule has 0 atom stereocenters. The Kier molecular flexibility index (Phi) is 2.94. The van der Waals surface area contributed by atoms with Gasteiger partial charge in [-0.05, 0) is 24.3 Å². The second-order valence-corrected chi connectivity index (χ2v) is 2.40. The van der Waals surface area contributed by atoms with Crippen molar-refractivity contribution in [3.05, 3.63) is 24.3 Å². The Morgan fingerprint density at radius 3 is 2.42 bits per heavy atom. The van der Waals surface area contributed by atoms with Crippen molar-refractivity contribution in [1.29, 1.82) is 0 Å². The highest BCUT2D eigenvalue weighted by Crippen LogP contribution is 2.15. The van der Waals surface area contributed by atoms with Gasteiger partial charge in [-0.3, -0.25) is 9.63 Å². The fourth-order valence-corrected chi connectivity index (χ4v) is 0.878. The highest BCUT2D eigenvalue weighted by molar-refractivity contribution is 6.23. The van der Waals surface area contributed by atoms with Crippen molar-refractivity contribution in [2.75, 3.05) is 4.84 Å². The zero-order valence-electron chi connectivity index (χ0n) is 6.50. The van der Waals surface area contributed by atoms with Crippen LogP contribution in [0.3, 0.4) is 0 Å². The quantitative estimate of drug-likeness (QED) is 0.436. The first-order valence-electron chi connectivity index (χ1n) is 3.37. The van der Waals surface area contributed by atoms with Crippen molar-refractivity contribution < 1.29 is 9.53 Å². The molecule has 12 heavy (non-hydrogen) atoms. The van der Waals surface area contributed by atoms with Crippen LogP contribution in [-0.2, 0) is 4.79 Å². The van der Waals surface area contributed by atoms with Gasteiger partial charge in [0.05, 0.1) is 0 Å². The Morgan fingerprint density at radius 2 is 2.00 bits per heavy atom. The van der Waals surface area contributed by atoms with Gasteiger partial charge in [0.25, 0.3) is 0 Å². The Balaban J connectivity index is 2.71. The second-order valence-electron chi connectivity index (χ2n) is 2.21. The molecule has 0 aliphatic carbocycles. The third-order valence-electron chi connectivity index (χ3n) is 1.23. The number of hydrogen-bond acceptors (Lipinski definition) is 3. The van der Waals surface area contributed by atoms with E-state index in [9.17, 15) is 4.79 Å². The lowest BCUT2D eigenvalue weighted by Gasteiger charge is -2.01. The van der Waals surface area contributed by atoms with E-state index in [1.807, 2.05) is 0 Å². The Labute approximate surface area is 75.4 Å². The van der Waals surface area contributed by atoms with E-state index >= 15 is 0 Å².